The first-order chi connectivity index (χ1) is 19.2. The van der Waals surface area contributed by atoms with Gasteiger partial charge in [-0.1, -0.05) is 12.2 Å². The molecule has 0 amide bonds. The number of aliphatic hydroxyl groups excluding tert-OH is 6. The maximum atomic E-state index is 12.8. The zero-order chi connectivity index (χ0) is 30.3. The van der Waals surface area contributed by atoms with Gasteiger partial charge >= 0.3 is 14.6 Å². The number of ether oxygens (including phenoxy) is 3. The monoisotopic (exact) mass is 649 g/mol. The van der Waals surface area contributed by atoms with Gasteiger partial charge in [0.1, 0.15) is 60.7 Å². The summed E-state index contributed by atoms with van der Waals surface area (Å²) in [7, 11) is -4.17. The van der Waals surface area contributed by atoms with Crippen LogP contribution in [0.5, 0.6) is 0 Å². The molecule has 0 radical (unpaired) electrons. The van der Waals surface area contributed by atoms with Gasteiger partial charge in [-0.15, -0.1) is 0 Å². The van der Waals surface area contributed by atoms with E-state index < -0.39 is 89.2 Å². The number of phosphoric acid groups is 1. The van der Waals surface area contributed by atoms with Crippen molar-refractivity contribution in [3.05, 3.63) is 12.7 Å². The van der Waals surface area contributed by atoms with Crippen LogP contribution >= 0.6 is 26.9 Å². The number of phosphoric ester groups is 1. The van der Waals surface area contributed by atoms with Gasteiger partial charge in [-0.25, -0.2) is 24.1 Å². The van der Waals surface area contributed by atoms with Crippen LogP contribution < -0.4 is 5.73 Å². The Morgan fingerprint density at radius 3 is 2.49 bits per heavy atom. The highest BCUT2D eigenvalue weighted by Crippen LogP contribution is 2.66. The van der Waals surface area contributed by atoms with E-state index in [4.69, 9.17) is 29.6 Å². The molecule has 0 bridgehead atoms. The van der Waals surface area contributed by atoms with Crippen LogP contribution in [0.25, 0.3) is 11.2 Å². The molecule has 41 heavy (non-hydrogen) atoms. The lowest BCUT2D eigenvalue weighted by molar-refractivity contribution is -0.292. The van der Waals surface area contributed by atoms with Crippen molar-refractivity contribution in [2.75, 3.05) is 26.1 Å². The predicted octanol–water partition coefficient (Wildman–Crippen LogP) is -2.97. The summed E-state index contributed by atoms with van der Waals surface area (Å²) in [5.74, 6) is 0.0990. The van der Waals surface area contributed by atoms with Gasteiger partial charge in [-0.3, -0.25) is 13.6 Å². The Balaban J connectivity index is 1.40. The zero-order valence-electron chi connectivity index (χ0n) is 20.9. The smallest absolute Gasteiger partial charge is 0.394 e. The van der Waals surface area contributed by atoms with Crippen LogP contribution in [0.15, 0.2) is 12.7 Å². The number of nitrogens with zero attached hydrogens (tertiary/aromatic N) is 4. The molecule has 0 saturated carbocycles. The number of rotatable bonds is 11. The maximum absolute atomic E-state index is 12.8. The molecule has 23 heteroatoms. The Morgan fingerprint density at radius 1 is 1.12 bits per heavy atom. The van der Waals surface area contributed by atoms with Gasteiger partial charge < -0.3 is 55.5 Å². The number of hydrogen-bond donors (Lipinski definition) is 9. The molecular weight excluding hydrogens is 620 g/mol. The third-order valence-electron chi connectivity index (χ3n) is 6.26. The van der Waals surface area contributed by atoms with E-state index in [1.165, 1.54) is 24.3 Å². The molecule has 2 fully saturated rings. The number of anilines is 1. The van der Waals surface area contributed by atoms with Gasteiger partial charge in [0, 0.05) is 7.11 Å². The first-order valence-electron chi connectivity index (χ1n) is 11.7. The van der Waals surface area contributed by atoms with Crippen molar-refractivity contribution in [1.82, 2.24) is 19.5 Å². The summed E-state index contributed by atoms with van der Waals surface area (Å²) in [6.07, 6.45) is -14.0. The number of aromatic nitrogens is 4. The molecule has 0 spiro atoms. The highest BCUT2D eigenvalue weighted by atomic mass is 32.7. The van der Waals surface area contributed by atoms with Crippen LogP contribution in [0.2, 0.25) is 0 Å². The van der Waals surface area contributed by atoms with Gasteiger partial charge in [-0.05, 0) is 0 Å². The quantitative estimate of drug-likeness (QED) is 0.0867. The molecule has 232 valence electrons. The minimum absolute atomic E-state index is 0.0990. The molecule has 2 saturated heterocycles. The Bertz CT molecular complexity index is 1310. The molecule has 4 rings (SSSR count). The molecule has 12 atom stereocenters. The largest absolute Gasteiger partial charge is 0.482 e. The van der Waals surface area contributed by atoms with E-state index in [9.17, 15) is 39.6 Å². The summed E-state index contributed by atoms with van der Waals surface area (Å²) >= 11 is 3.63. The van der Waals surface area contributed by atoms with E-state index in [0.29, 0.717) is 0 Å². The summed E-state index contributed by atoms with van der Waals surface area (Å²) in [6, 6.07) is 0. The molecule has 2 aromatic rings. The molecular formula is C18H29N5O15P2S. The van der Waals surface area contributed by atoms with Crippen LogP contribution in [0.1, 0.15) is 6.23 Å². The lowest BCUT2D eigenvalue weighted by Crippen LogP contribution is -2.61. The minimum Gasteiger partial charge on any atom is -0.394 e. The van der Waals surface area contributed by atoms with Crippen molar-refractivity contribution < 1.29 is 72.2 Å². The molecule has 9 N–H and O–H groups in total. The summed E-state index contributed by atoms with van der Waals surface area (Å²) in [5, 5.41) is 59.5. The second kappa shape index (κ2) is 12.7. The van der Waals surface area contributed by atoms with Gasteiger partial charge in [-0.2, -0.15) is 4.31 Å². The predicted molar refractivity (Wildman–Crippen MR) is 135 cm³/mol. The minimum atomic E-state index is -5.46. The van der Waals surface area contributed by atoms with Gasteiger partial charge in [0.05, 0.1) is 19.5 Å². The Kier molecular flexibility index (Phi) is 10.1. The highest BCUT2D eigenvalue weighted by molar-refractivity contribution is 8.45. The molecule has 20 nitrogen and oxygen atoms in total. The van der Waals surface area contributed by atoms with E-state index in [1.54, 1.807) is 0 Å². The summed E-state index contributed by atoms with van der Waals surface area (Å²) in [5.41, 5.74) is 6.32. The summed E-state index contributed by atoms with van der Waals surface area (Å²) < 4.78 is 57.0. The Morgan fingerprint density at radius 2 is 1.83 bits per heavy atom. The number of thiol groups is 1. The fourth-order valence-corrected chi connectivity index (χ4v) is 7.43. The van der Waals surface area contributed by atoms with Gasteiger partial charge in [0.2, 0.25) is 0 Å². The zero-order valence-corrected chi connectivity index (χ0v) is 23.6. The Hall–Kier alpha value is -1.36. The molecule has 0 aliphatic carbocycles. The van der Waals surface area contributed by atoms with Crippen molar-refractivity contribution in [1.29, 1.82) is 0 Å². The summed E-state index contributed by atoms with van der Waals surface area (Å²) in [4.78, 5) is 22.2. The molecule has 4 heterocycles. The first kappa shape index (κ1) is 32.6. The third kappa shape index (κ3) is 6.91. The second-order valence-electron chi connectivity index (χ2n) is 8.95. The number of nitrogen functional groups attached to an aromatic ring is 1. The molecule has 7 unspecified atom stereocenters. The van der Waals surface area contributed by atoms with Gasteiger partial charge in [0.25, 0.3) is 0 Å². The maximum Gasteiger partial charge on any atom is 0.482 e. The lowest BCUT2D eigenvalue weighted by Gasteiger charge is -2.41. The van der Waals surface area contributed by atoms with Crippen LogP contribution in [0, 0.1) is 0 Å². The lowest BCUT2D eigenvalue weighted by atomic mass is 9.96. The van der Waals surface area contributed by atoms with Crippen molar-refractivity contribution in [3.63, 3.8) is 0 Å². The number of hydrogen-bond acceptors (Lipinski definition) is 18. The molecule has 2 aromatic heterocycles. The van der Waals surface area contributed by atoms with Crippen LogP contribution in [0.3, 0.4) is 0 Å². The van der Waals surface area contributed by atoms with E-state index in [1.807, 2.05) is 0 Å². The van der Waals surface area contributed by atoms with E-state index >= 15 is 0 Å². The average molecular weight is 649 g/mol. The van der Waals surface area contributed by atoms with Crippen molar-refractivity contribution in [2.45, 2.75) is 61.3 Å². The molecule has 0 aromatic carbocycles. The third-order valence-corrected chi connectivity index (χ3v) is 9.87. The van der Waals surface area contributed by atoms with E-state index in [0.717, 1.165) is 0 Å². The first-order valence-corrected chi connectivity index (χ1v) is 15.9. The van der Waals surface area contributed by atoms with E-state index in [-0.39, 0.29) is 17.0 Å². The van der Waals surface area contributed by atoms with Crippen molar-refractivity contribution >= 4 is 43.9 Å². The number of nitrogens with two attached hydrogens (primary N) is 1. The number of fused-ring (bicyclic) bond motifs is 1. The number of aliphatic hydroxyl groups is 6. The second-order valence-corrected chi connectivity index (χ2v) is 13.4. The van der Waals surface area contributed by atoms with E-state index in [2.05, 4.69) is 36.0 Å². The van der Waals surface area contributed by atoms with Crippen molar-refractivity contribution in [2.24, 2.45) is 0 Å². The molecule has 2 aliphatic rings. The van der Waals surface area contributed by atoms with Crippen LogP contribution in [-0.2, 0) is 36.7 Å². The number of methoxy groups -OCH3 is 1. The topological polar surface area (TPSA) is 301 Å². The SMILES string of the molecule is CO[C@@H]1[C@H](O)[C@@H](COP(=O)(S)OP(=O)(O)OC2OC([C@@H](O)CO)C(O)C(O)C2O)O[C@H]1n1cnc2c(N)ncnc21. The molecule has 2 aliphatic heterocycles. The van der Waals surface area contributed by atoms with Crippen LogP contribution in [0.4, 0.5) is 5.82 Å². The Labute approximate surface area is 235 Å². The van der Waals surface area contributed by atoms with Crippen LogP contribution in [-0.4, -0.2) is 130 Å². The number of imidazole rings is 1. The van der Waals surface area contributed by atoms with Crippen molar-refractivity contribution in [3.8, 4) is 0 Å². The fraction of sp³-hybridized carbons (Fsp3) is 0.722. The fourth-order valence-electron chi connectivity index (χ4n) is 4.25. The summed E-state index contributed by atoms with van der Waals surface area (Å²) in [6.45, 7) is -6.42. The highest BCUT2D eigenvalue weighted by Gasteiger charge is 2.51. The average Bonchev–Trinajstić information content (AvgIpc) is 3.47. The van der Waals surface area contributed by atoms with Gasteiger partial charge in [0.15, 0.2) is 24.0 Å². The normalized spacial score (nSPS) is 36.2. The standard InChI is InChI=1S/C18H29N5O15P2S/c1-33-14-9(26)7(35-17(14)23-5-22-8-15(19)20-4-21-16(8)23)3-34-40(32,41)38-39(30,31)37-18-12(29)10(27)11(28)13(36-18)6(25)2-24/h4-7,9-14,17-18,24-29H,2-3H2,1H3,(H,30,31)(H,32,41)(H2,19,20,21)/t6-,7+,9+,10?,11?,12?,13?,14+,17+,18?,40?/m0/s1.